The number of benzene rings is 1. The highest BCUT2D eigenvalue weighted by Crippen LogP contribution is 2.20. The van der Waals surface area contributed by atoms with Gasteiger partial charge in [-0.1, -0.05) is 12.1 Å². The Balaban J connectivity index is 2.01. The average Bonchev–Trinajstić information content (AvgIpc) is 3.30. The summed E-state index contributed by atoms with van der Waals surface area (Å²) in [7, 11) is -0.188. The van der Waals surface area contributed by atoms with E-state index in [0.29, 0.717) is 30.5 Å². The number of ether oxygens (including phenoxy) is 1. The summed E-state index contributed by atoms with van der Waals surface area (Å²) in [6, 6.07) is 7.79. The second-order valence-corrected chi connectivity index (χ2v) is 7.52. The average molecular weight is 312 g/mol. The monoisotopic (exact) mass is 312 g/mol. The lowest BCUT2D eigenvalue weighted by atomic mass is 10.2. The van der Waals surface area contributed by atoms with Crippen molar-refractivity contribution in [1.29, 1.82) is 0 Å². The maximum absolute atomic E-state index is 12.5. The van der Waals surface area contributed by atoms with Crippen molar-refractivity contribution in [3.8, 4) is 0 Å². The Morgan fingerprint density at radius 1 is 1.38 bits per heavy atom. The van der Waals surface area contributed by atoms with E-state index in [-0.39, 0.29) is 0 Å². The van der Waals surface area contributed by atoms with Crippen molar-refractivity contribution < 1.29 is 13.2 Å². The highest BCUT2D eigenvalue weighted by molar-refractivity contribution is 7.89. The van der Waals surface area contributed by atoms with Crippen LogP contribution in [0.4, 0.5) is 0 Å². The van der Waals surface area contributed by atoms with Gasteiger partial charge in [-0.05, 0) is 37.0 Å². The van der Waals surface area contributed by atoms with Crippen molar-refractivity contribution in [2.24, 2.45) is 0 Å². The van der Waals surface area contributed by atoms with Crippen LogP contribution in [0.15, 0.2) is 29.2 Å². The summed E-state index contributed by atoms with van der Waals surface area (Å²) in [5.74, 6) is 0. The minimum Gasteiger partial charge on any atom is -0.385 e. The third-order valence-electron chi connectivity index (χ3n) is 3.60. The topological polar surface area (TPSA) is 58.6 Å². The second kappa shape index (κ2) is 7.35. The molecule has 0 unspecified atom stereocenters. The first kappa shape index (κ1) is 16.4. The summed E-state index contributed by atoms with van der Waals surface area (Å²) in [6.07, 6.45) is 3.13. The van der Waals surface area contributed by atoms with Crippen molar-refractivity contribution in [2.45, 2.75) is 36.7 Å². The molecule has 0 aromatic heterocycles. The van der Waals surface area contributed by atoms with E-state index in [2.05, 4.69) is 5.32 Å². The van der Waals surface area contributed by atoms with Crippen LogP contribution in [0.5, 0.6) is 0 Å². The summed E-state index contributed by atoms with van der Waals surface area (Å²) < 4.78 is 31.3. The fraction of sp³-hybridized carbons (Fsp3) is 0.600. The molecule has 6 heteroatoms. The molecule has 1 aromatic carbocycles. The fourth-order valence-corrected chi connectivity index (χ4v) is 3.38. The molecule has 21 heavy (non-hydrogen) atoms. The molecule has 118 valence electrons. The Morgan fingerprint density at radius 3 is 2.81 bits per heavy atom. The first-order valence-corrected chi connectivity index (χ1v) is 8.75. The lowest BCUT2D eigenvalue weighted by Crippen LogP contribution is -2.28. The zero-order valence-corrected chi connectivity index (χ0v) is 13.5. The molecule has 0 heterocycles. The van der Waals surface area contributed by atoms with E-state index in [1.54, 1.807) is 32.4 Å². The standard InChI is InChI=1S/C15H24N2O3S/c1-17(9-4-10-20-2)21(18,19)15-6-3-5-13(11-15)12-16-14-7-8-14/h3,5-6,11,14,16H,4,7-10,12H2,1-2H3. The molecule has 2 rings (SSSR count). The first-order chi connectivity index (χ1) is 10.0. The quantitative estimate of drug-likeness (QED) is 0.704. The summed E-state index contributed by atoms with van der Waals surface area (Å²) in [4.78, 5) is 0.359. The van der Waals surface area contributed by atoms with E-state index in [4.69, 9.17) is 4.74 Å². The highest BCUT2D eigenvalue weighted by Gasteiger charge is 2.22. The maximum atomic E-state index is 12.5. The fourth-order valence-electron chi connectivity index (χ4n) is 2.10. The molecular formula is C15H24N2O3S. The summed E-state index contributed by atoms with van der Waals surface area (Å²) in [5.41, 5.74) is 1.01. The number of nitrogens with zero attached hydrogens (tertiary/aromatic N) is 1. The van der Waals surface area contributed by atoms with Gasteiger partial charge < -0.3 is 10.1 Å². The maximum Gasteiger partial charge on any atom is 0.242 e. The summed E-state index contributed by atoms with van der Waals surface area (Å²) >= 11 is 0. The van der Waals surface area contributed by atoms with Gasteiger partial charge in [0.25, 0.3) is 0 Å². The Labute approximate surface area is 127 Å². The Hall–Kier alpha value is -0.950. The van der Waals surface area contributed by atoms with Crippen LogP contribution < -0.4 is 5.32 Å². The first-order valence-electron chi connectivity index (χ1n) is 7.31. The minimum atomic E-state index is -3.41. The van der Waals surface area contributed by atoms with Crippen LogP contribution in [0.25, 0.3) is 0 Å². The van der Waals surface area contributed by atoms with E-state index in [1.807, 2.05) is 6.07 Å². The molecule has 0 atom stereocenters. The molecule has 1 aliphatic carbocycles. The predicted molar refractivity (Wildman–Crippen MR) is 82.6 cm³/mol. The number of rotatable bonds is 9. The van der Waals surface area contributed by atoms with Gasteiger partial charge in [-0.25, -0.2) is 12.7 Å². The van der Waals surface area contributed by atoms with Crippen LogP contribution in [-0.2, 0) is 21.3 Å². The van der Waals surface area contributed by atoms with E-state index in [0.717, 1.165) is 12.1 Å². The second-order valence-electron chi connectivity index (χ2n) is 5.48. The van der Waals surface area contributed by atoms with Gasteiger partial charge in [0, 0.05) is 39.9 Å². The molecule has 0 amide bonds. The highest BCUT2D eigenvalue weighted by atomic mass is 32.2. The van der Waals surface area contributed by atoms with E-state index in [1.165, 1.54) is 17.1 Å². The van der Waals surface area contributed by atoms with E-state index >= 15 is 0 Å². The smallest absolute Gasteiger partial charge is 0.242 e. The summed E-state index contributed by atoms with van der Waals surface area (Å²) in [5, 5.41) is 3.40. The van der Waals surface area contributed by atoms with Crippen LogP contribution in [0.3, 0.4) is 0 Å². The third kappa shape index (κ3) is 4.78. The van der Waals surface area contributed by atoms with Gasteiger partial charge in [0.1, 0.15) is 0 Å². The Kier molecular flexibility index (Phi) is 5.75. The molecule has 1 aliphatic rings. The molecule has 1 saturated carbocycles. The van der Waals surface area contributed by atoms with Crippen molar-refractivity contribution >= 4 is 10.0 Å². The molecule has 0 aliphatic heterocycles. The van der Waals surface area contributed by atoms with Gasteiger partial charge in [0.15, 0.2) is 0 Å². The van der Waals surface area contributed by atoms with Crippen LogP contribution in [0.1, 0.15) is 24.8 Å². The van der Waals surface area contributed by atoms with Crippen LogP contribution in [-0.4, -0.2) is 46.1 Å². The van der Waals surface area contributed by atoms with Gasteiger partial charge in [-0.15, -0.1) is 0 Å². The molecule has 0 spiro atoms. The molecule has 0 radical (unpaired) electrons. The minimum absolute atomic E-state index is 0.359. The van der Waals surface area contributed by atoms with Gasteiger partial charge in [-0.2, -0.15) is 0 Å². The predicted octanol–water partition coefficient (Wildman–Crippen LogP) is 1.60. The zero-order chi connectivity index (χ0) is 15.3. The van der Waals surface area contributed by atoms with Crippen LogP contribution in [0.2, 0.25) is 0 Å². The summed E-state index contributed by atoms with van der Waals surface area (Å²) in [6.45, 7) is 1.74. The molecule has 1 fully saturated rings. The number of hydrogen-bond donors (Lipinski definition) is 1. The van der Waals surface area contributed by atoms with Crippen molar-refractivity contribution in [2.75, 3.05) is 27.3 Å². The molecule has 0 bridgehead atoms. The molecule has 1 N–H and O–H groups in total. The molecule has 1 aromatic rings. The largest absolute Gasteiger partial charge is 0.385 e. The van der Waals surface area contributed by atoms with Gasteiger partial charge >= 0.3 is 0 Å². The van der Waals surface area contributed by atoms with Gasteiger partial charge in [0.05, 0.1) is 4.90 Å². The van der Waals surface area contributed by atoms with Crippen LogP contribution >= 0.6 is 0 Å². The van der Waals surface area contributed by atoms with Gasteiger partial charge in [0.2, 0.25) is 10.0 Å². The van der Waals surface area contributed by atoms with Crippen LogP contribution in [0, 0.1) is 0 Å². The van der Waals surface area contributed by atoms with Crippen molar-refractivity contribution in [3.05, 3.63) is 29.8 Å². The normalized spacial score (nSPS) is 15.6. The molecule has 5 nitrogen and oxygen atoms in total. The molecule has 0 saturated heterocycles. The van der Waals surface area contributed by atoms with E-state index < -0.39 is 10.0 Å². The number of nitrogens with one attached hydrogen (secondary N) is 1. The lowest BCUT2D eigenvalue weighted by molar-refractivity contribution is 0.189. The Morgan fingerprint density at radius 2 is 2.14 bits per heavy atom. The van der Waals surface area contributed by atoms with E-state index in [9.17, 15) is 8.42 Å². The SMILES string of the molecule is COCCCN(C)S(=O)(=O)c1cccc(CNC2CC2)c1. The number of methoxy groups -OCH3 is 1. The van der Waals surface area contributed by atoms with Gasteiger partial charge in [-0.3, -0.25) is 0 Å². The lowest BCUT2D eigenvalue weighted by Gasteiger charge is -2.17. The van der Waals surface area contributed by atoms with Crippen molar-refractivity contribution in [1.82, 2.24) is 9.62 Å². The number of hydrogen-bond acceptors (Lipinski definition) is 4. The zero-order valence-electron chi connectivity index (χ0n) is 12.7. The third-order valence-corrected chi connectivity index (χ3v) is 5.45. The Bertz CT molecular complexity index is 556. The number of sulfonamides is 1. The molecular weight excluding hydrogens is 288 g/mol. The van der Waals surface area contributed by atoms with Crippen molar-refractivity contribution in [3.63, 3.8) is 0 Å².